The summed E-state index contributed by atoms with van der Waals surface area (Å²) in [6, 6.07) is 6.30. The molecule has 7 heteroatoms. The number of benzene rings is 1. The lowest BCUT2D eigenvalue weighted by molar-refractivity contribution is 0.120. The highest BCUT2D eigenvalue weighted by molar-refractivity contribution is 5.68. The molecule has 1 aliphatic heterocycles. The first-order valence-electron chi connectivity index (χ1n) is 8.06. The van der Waals surface area contributed by atoms with Gasteiger partial charge in [0, 0.05) is 38.9 Å². The van der Waals surface area contributed by atoms with Gasteiger partial charge in [-0.25, -0.2) is 4.39 Å². The molecule has 24 heavy (non-hydrogen) atoms. The Morgan fingerprint density at radius 1 is 1.25 bits per heavy atom. The molecule has 2 heterocycles. The zero-order chi connectivity index (χ0) is 16.8. The second-order valence-corrected chi connectivity index (χ2v) is 5.59. The van der Waals surface area contributed by atoms with Gasteiger partial charge in [0.15, 0.2) is 0 Å². The van der Waals surface area contributed by atoms with E-state index in [1.54, 1.807) is 19.2 Å². The zero-order valence-electron chi connectivity index (χ0n) is 13.8. The van der Waals surface area contributed by atoms with Crippen molar-refractivity contribution in [3.63, 3.8) is 0 Å². The minimum Gasteiger partial charge on any atom is -0.383 e. The minimum atomic E-state index is -0.268. The zero-order valence-corrected chi connectivity index (χ0v) is 13.8. The summed E-state index contributed by atoms with van der Waals surface area (Å²) in [5.41, 5.74) is 2.55. The van der Waals surface area contributed by atoms with Crippen LogP contribution >= 0.6 is 0 Å². The molecule has 1 saturated heterocycles. The summed E-state index contributed by atoms with van der Waals surface area (Å²) >= 11 is 0. The van der Waals surface area contributed by atoms with E-state index in [2.05, 4.69) is 15.4 Å². The van der Waals surface area contributed by atoms with Gasteiger partial charge in [-0.1, -0.05) is 5.16 Å². The van der Waals surface area contributed by atoms with Crippen molar-refractivity contribution in [1.82, 2.24) is 10.5 Å². The fourth-order valence-electron chi connectivity index (χ4n) is 2.70. The van der Waals surface area contributed by atoms with Crippen LogP contribution in [0.5, 0.6) is 0 Å². The number of hydrogen-bond acceptors (Lipinski definition) is 6. The largest absolute Gasteiger partial charge is 0.383 e. The molecule has 0 aliphatic carbocycles. The van der Waals surface area contributed by atoms with Crippen LogP contribution in [0.2, 0.25) is 0 Å². The molecule has 1 aliphatic rings. The maximum atomic E-state index is 13.2. The molecule has 2 aromatic rings. The Kier molecular flexibility index (Phi) is 5.79. The highest BCUT2D eigenvalue weighted by atomic mass is 19.1. The summed E-state index contributed by atoms with van der Waals surface area (Å²) in [6.07, 6.45) is 0. The van der Waals surface area contributed by atoms with Gasteiger partial charge in [0.2, 0.25) is 5.88 Å². The third-order valence-electron chi connectivity index (χ3n) is 3.97. The number of rotatable bonds is 7. The van der Waals surface area contributed by atoms with Crippen molar-refractivity contribution in [2.45, 2.75) is 6.54 Å². The maximum Gasteiger partial charge on any atom is 0.232 e. The van der Waals surface area contributed by atoms with Gasteiger partial charge in [-0.3, -0.25) is 0 Å². The molecule has 0 atom stereocenters. The van der Waals surface area contributed by atoms with E-state index in [1.165, 1.54) is 12.1 Å². The van der Waals surface area contributed by atoms with E-state index in [1.807, 2.05) is 0 Å². The van der Waals surface area contributed by atoms with Crippen LogP contribution in [0.3, 0.4) is 0 Å². The topological polar surface area (TPSA) is 59.8 Å². The molecule has 1 aromatic heterocycles. The van der Waals surface area contributed by atoms with Gasteiger partial charge < -0.3 is 24.2 Å². The first-order chi connectivity index (χ1) is 11.8. The molecule has 1 aromatic carbocycles. The normalized spacial score (nSPS) is 15.0. The Hall–Kier alpha value is -1.96. The van der Waals surface area contributed by atoms with Gasteiger partial charge in [0.05, 0.1) is 25.4 Å². The van der Waals surface area contributed by atoms with Crippen LogP contribution in [-0.4, -0.2) is 51.7 Å². The van der Waals surface area contributed by atoms with Gasteiger partial charge >= 0.3 is 0 Å². The lowest BCUT2D eigenvalue weighted by atomic mass is 10.1. The molecular formula is C17H22FN3O3. The Morgan fingerprint density at radius 2 is 2.00 bits per heavy atom. The molecule has 3 rings (SSSR count). The first-order valence-corrected chi connectivity index (χ1v) is 8.06. The number of nitrogens with zero attached hydrogens (tertiary/aromatic N) is 2. The Balaban J connectivity index is 1.86. The Bertz CT molecular complexity index is 639. The van der Waals surface area contributed by atoms with Crippen molar-refractivity contribution in [2.24, 2.45) is 0 Å². The van der Waals surface area contributed by atoms with E-state index < -0.39 is 0 Å². The number of methoxy groups -OCH3 is 1. The van der Waals surface area contributed by atoms with Crippen molar-refractivity contribution in [3.8, 4) is 11.3 Å². The maximum absolute atomic E-state index is 13.2. The summed E-state index contributed by atoms with van der Waals surface area (Å²) in [4.78, 5) is 2.14. The second-order valence-electron chi connectivity index (χ2n) is 5.59. The van der Waals surface area contributed by atoms with Crippen molar-refractivity contribution >= 4 is 5.88 Å². The Labute approximate surface area is 140 Å². The number of ether oxygens (including phenoxy) is 2. The van der Waals surface area contributed by atoms with Crippen molar-refractivity contribution < 1.29 is 18.4 Å². The number of hydrogen-bond donors (Lipinski definition) is 1. The summed E-state index contributed by atoms with van der Waals surface area (Å²) in [5, 5.41) is 7.57. The predicted molar refractivity (Wildman–Crippen MR) is 88.5 cm³/mol. The van der Waals surface area contributed by atoms with E-state index in [4.69, 9.17) is 14.0 Å². The van der Waals surface area contributed by atoms with Gasteiger partial charge in [-0.05, 0) is 24.3 Å². The molecule has 0 amide bonds. The average Bonchev–Trinajstić information content (AvgIpc) is 3.04. The van der Waals surface area contributed by atoms with Crippen LogP contribution in [0.4, 0.5) is 10.3 Å². The monoisotopic (exact) mass is 335 g/mol. The molecular weight excluding hydrogens is 313 g/mol. The summed E-state index contributed by atoms with van der Waals surface area (Å²) in [5.74, 6) is 0.484. The van der Waals surface area contributed by atoms with E-state index in [-0.39, 0.29) is 5.82 Å². The third kappa shape index (κ3) is 3.92. The van der Waals surface area contributed by atoms with Crippen molar-refractivity contribution in [1.29, 1.82) is 0 Å². The summed E-state index contributed by atoms with van der Waals surface area (Å²) < 4.78 is 29.3. The molecule has 130 valence electrons. The smallest absolute Gasteiger partial charge is 0.232 e. The fourth-order valence-corrected chi connectivity index (χ4v) is 2.70. The molecule has 1 fully saturated rings. The number of halogens is 1. The highest BCUT2D eigenvalue weighted by Crippen LogP contribution is 2.31. The van der Waals surface area contributed by atoms with Crippen LogP contribution in [0.1, 0.15) is 5.56 Å². The van der Waals surface area contributed by atoms with Gasteiger partial charge in [-0.2, -0.15) is 0 Å². The molecule has 0 unspecified atom stereocenters. The SMILES string of the molecule is COCCNCc1c(-c2ccc(F)cc2)noc1N1CCOCC1. The van der Waals surface area contributed by atoms with Crippen LogP contribution in [0.15, 0.2) is 28.8 Å². The number of anilines is 1. The van der Waals surface area contributed by atoms with Crippen LogP contribution < -0.4 is 10.2 Å². The molecule has 0 bridgehead atoms. The van der Waals surface area contributed by atoms with Crippen LogP contribution in [-0.2, 0) is 16.0 Å². The van der Waals surface area contributed by atoms with Crippen LogP contribution in [0.25, 0.3) is 11.3 Å². The molecule has 1 N–H and O–H groups in total. The number of nitrogens with one attached hydrogen (secondary N) is 1. The highest BCUT2D eigenvalue weighted by Gasteiger charge is 2.23. The summed E-state index contributed by atoms with van der Waals surface area (Å²) in [6.45, 7) is 4.84. The summed E-state index contributed by atoms with van der Waals surface area (Å²) in [7, 11) is 1.67. The van der Waals surface area contributed by atoms with Gasteiger partial charge in [0.25, 0.3) is 0 Å². The van der Waals surface area contributed by atoms with Gasteiger partial charge in [0.1, 0.15) is 11.5 Å². The number of aromatic nitrogens is 1. The lowest BCUT2D eigenvalue weighted by Crippen LogP contribution is -2.36. The second kappa shape index (κ2) is 8.23. The van der Waals surface area contributed by atoms with E-state index in [0.717, 1.165) is 42.3 Å². The standard InChI is InChI=1S/C17H22FN3O3/c1-22-9-6-19-12-15-16(13-2-4-14(18)5-3-13)20-24-17(15)21-7-10-23-11-8-21/h2-5,19H,6-12H2,1H3. The predicted octanol–water partition coefficient (Wildman–Crippen LogP) is 2.05. The lowest BCUT2D eigenvalue weighted by Gasteiger charge is -2.26. The molecule has 0 spiro atoms. The van der Waals surface area contributed by atoms with Crippen molar-refractivity contribution in [2.75, 3.05) is 51.5 Å². The minimum absolute atomic E-state index is 0.268. The molecule has 0 radical (unpaired) electrons. The first kappa shape index (κ1) is 16.9. The van der Waals surface area contributed by atoms with Crippen LogP contribution in [0, 0.1) is 5.82 Å². The van der Waals surface area contributed by atoms with E-state index in [0.29, 0.717) is 26.4 Å². The van der Waals surface area contributed by atoms with E-state index >= 15 is 0 Å². The average molecular weight is 335 g/mol. The fraction of sp³-hybridized carbons (Fsp3) is 0.471. The van der Waals surface area contributed by atoms with E-state index in [9.17, 15) is 4.39 Å². The number of morpholine rings is 1. The van der Waals surface area contributed by atoms with Gasteiger partial charge in [-0.15, -0.1) is 0 Å². The molecule has 6 nitrogen and oxygen atoms in total. The third-order valence-corrected chi connectivity index (χ3v) is 3.97. The Morgan fingerprint density at radius 3 is 2.71 bits per heavy atom. The van der Waals surface area contributed by atoms with Crippen molar-refractivity contribution in [3.05, 3.63) is 35.6 Å². The molecule has 0 saturated carbocycles. The quantitative estimate of drug-likeness (QED) is 0.782.